The molecule has 0 aliphatic heterocycles. The van der Waals surface area contributed by atoms with Crippen LogP contribution in [0, 0.1) is 0 Å². The topological polar surface area (TPSA) is 34.1 Å². The van der Waals surface area contributed by atoms with Gasteiger partial charge in [0.15, 0.2) is 0 Å². The maximum Gasteiger partial charge on any atom is 0.125 e. The number of pyridine rings is 1. The zero-order valence-electron chi connectivity index (χ0n) is 12.0. The number of anilines is 1. The molecule has 0 saturated carbocycles. The van der Waals surface area contributed by atoms with Gasteiger partial charge in [-0.1, -0.05) is 31.5 Å². The average Bonchev–Trinajstić information content (AvgIpc) is 2.50. The first kappa shape index (κ1) is 14.4. The summed E-state index contributed by atoms with van der Waals surface area (Å²) in [6.45, 7) is 3.77. The molecule has 1 N–H and O–H groups in total. The lowest BCUT2D eigenvalue weighted by atomic mass is 10.1. The number of benzene rings is 1. The van der Waals surface area contributed by atoms with Crippen LogP contribution in [-0.4, -0.2) is 18.1 Å². The number of aryl methyl sites for hydroxylation is 1. The van der Waals surface area contributed by atoms with Gasteiger partial charge in [0.1, 0.15) is 11.6 Å². The van der Waals surface area contributed by atoms with Crippen LogP contribution in [0.4, 0.5) is 5.82 Å². The Morgan fingerprint density at radius 1 is 1.10 bits per heavy atom. The van der Waals surface area contributed by atoms with Gasteiger partial charge in [0.05, 0.1) is 6.61 Å². The maximum absolute atomic E-state index is 5.72. The first-order valence-corrected chi connectivity index (χ1v) is 7.25. The van der Waals surface area contributed by atoms with Gasteiger partial charge in [-0.2, -0.15) is 0 Å². The van der Waals surface area contributed by atoms with Gasteiger partial charge in [0, 0.05) is 12.7 Å². The highest BCUT2D eigenvalue weighted by atomic mass is 16.5. The molecule has 0 bridgehead atoms. The molecule has 20 heavy (non-hydrogen) atoms. The van der Waals surface area contributed by atoms with E-state index in [4.69, 9.17) is 4.74 Å². The third-order valence-corrected chi connectivity index (χ3v) is 3.02. The third kappa shape index (κ3) is 4.92. The molecular formula is C17H22N2O. The smallest absolute Gasteiger partial charge is 0.125 e. The number of aromatic nitrogens is 1. The minimum absolute atomic E-state index is 0.715. The molecule has 0 radical (unpaired) electrons. The summed E-state index contributed by atoms with van der Waals surface area (Å²) in [7, 11) is 0. The van der Waals surface area contributed by atoms with Gasteiger partial charge in [-0.3, -0.25) is 0 Å². The Bertz CT molecular complexity index is 482. The van der Waals surface area contributed by atoms with Crippen LogP contribution >= 0.6 is 0 Å². The van der Waals surface area contributed by atoms with Gasteiger partial charge < -0.3 is 10.1 Å². The van der Waals surface area contributed by atoms with Crippen molar-refractivity contribution in [1.29, 1.82) is 0 Å². The van der Waals surface area contributed by atoms with Crippen LogP contribution in [0.2, 0.25) is 0 Å². The zero-order valence-corrected chi connectivity index (χ0v) is 12.0. The molecule has 0 fully saturated rings. The standard InChI is InChI=1S/C17H22N2O/c1-2-6-15-8-10-16(11-9-15)20-14-5-13-19-17-7-3-4-12-18-17/h3-4,7-12H,2,5-6,13-14H2,1H3,(H,18,19). The molecule has 0 atom stereocenters. The van der Waals surface area contributed by atoms with E-state index in [0.29, 0.717) is 6.61 Å². The first-order chi connectivity index (χ1) is 9.88. The predicted octanol–water partition coefficient (Wildman–Crippen LogP) is 3.92. The summed E-state index contributed by atoms with van der Waals surface area (Å²) in [5.74, 6) is 1.86. The molecule has 0 aliphatic carbocycles. The molecule has 2 rings (SSSR count). The molecule has 0 spiro atoms. The second-order valence-corrected chi connectivity index (χ2v) is 4.74. The molecular weight excluding hydrogens is 248 g/mol. The van der Waals surface area contributed by atoms with Crippen molar-refractivity contribution in [1.82, 2.24) is 4.98 Å². The van der Waals surface area contributed by atoms with E-state index < -0.39 is 0 Å². The largest absolute Gasteiger partial charge is 0.494 e. The molecule has 0 aliphatic rings. The Kier molecular flexibility index (Phi) is 5.90. The SMILES string of the molecule is CCCc1ccc(OCCCNc2ccccn2)cc1. The lowest BCUT2D eigenvalue weighted by molar-refractivity contribution is 0.315. The molecule has 106 valence electrons. The number of nitrogens with one attached hydrogen (secondary N) is 1. The zero-order chi connectivity index (χ0) is 14.0. The summed E-state index contributed by atoms with van der Waals surface area (Å²) in [5, 5.41) is 3.27. The monoisotopic (exact) mass is 270 g/mol. The van der Waals surface area contributed by atoms with Crippen molar-refractivity contribution in [2.75, 3.05) is 18.5 Å². The van der Waals surface area contributed by atoms with Crippen molar-refractivity contribution in [3.05, 3.63) is 54.2 Å². The van der Waals surface area contributed by atoms with Crippen molar-refractivity contribution in [3.8, 4) is 5.75 Å². The van der Waals surface area contributed by atoms with Crippen molar-refractivity contribution in [3.63, 3.8) is 0 Å². The quantitative estimate of drug-likeness (QED) is 0.738. The molecule has 3 heteroatoms. The Labute approximate surface area is 121 Å². The van der Waals surface area contributed by atoms with Crippen LogP contribution in [0.1, 0.15) is 25.3 Å². The van der Waals surface area contributed by atoms with Crippen LogP contribution in [-0.2, 0) is 6.42 Å². The molecule has 1 aromatic heterocycles. The Morgan fingerprint density at radius 3 is 2.65 bits per heavy atom. The van der Waals surface area contributed by atoms with Crippen molar-refractivity contribution in [2.24, 2.45) is 0 Å². The summed E-state index contributed by atoms with van der Waals surface area (Å²) in [6, 6.07) is 14.2. The van der Waals surface area contributed by atoms with Crippen LogP contribution in [0.15, 0.2) is 48.7 Å². The Morgan fingerprint density at radius 2 is 1.95 bits per heavy atom. The fourth-order valence-electron chi connectivity index (χ4n) is 1.99. The van der Waals surface area contributed by atoms with Gasteiger partial charge in [0.2, 0.25) is 0 Å². The predicted molar refractivity (Wildman–Crippen MR) is 83.3 cm³/mol. The second kappa shape index (κ2) is 8.20. The third-order valence-electron chi connectivity index (χ3n) is 3.02. The van der Waals surface area contributed by atoms with E-state index >= 15 is 0 Å². The van der Waals surface area contributed by atoms with E-state index in [2.05, 4.69) is 41.5 Å². The molecule has 2 aromatic rings. The van der Waals surface area contributed by atoms with Crippen LogP contribution in [0.25, 0.3) is 0 Å². The molecule has 0 amide bonds. The molecule has 0 unspecified atom stereocenters. The molecule has 1 aromatic carbocycles. The minimum Gasteiger partial charge on any atom is -0.494 e. The lowest BCUT2D eigenvalue weighted by Gasteiger charge is -2.08. The average molecular weight is 270 g/mol. The highest BCUT2D eigenvalue weighted by molar-refractivity contribution is 5.32. The normalized spacial score (nSPS) is 10.2. The van der Waals surface area contributed by atoms with E-state index in [1.165, 1.54) is 12.0 Å². The first-order valence-electron chi connectivity index (χ1n) is 7.25. The fourth-order valence-corrected chi connectivity index (χ4v) is 1.99. The van der Waals surface area contributed by atoms with E-state index in [-0.39, 0.29) is 0 Å². The number of hydrogen-bond acceptors (Lipinski definition) is 3. The number of ether oxygens (including phenoxy) is 1. The van der Waals surface area contributed by atoms with Crippen LogP contribution in [0.3, 0.4) is 0 Å². The van der Waals surface area contributed by atoms with Gasteiger partial charge in [-0.05, 0) is 42.7 Å². The van der Waals surface area contributed by atoms with E-state index in [1.807, 2.05) is 18.2 Å². The summed E-state index contributed by atoms with van der Waals surface area (Å²) in [4.78, 5) is 4.21. The maximum atomic E-state index is 5.72. The number of nitrogens with zero attached hydrogens (tertiary/aromatic N) is 1. The summed E-state index contributed by atoms with van der Waals surface area (Å²) in [5.41, 5.74) is 1.37. The van der Waals surface area contributed by atoms with Gasteiger partial charge in [0.25, 0.3) is 0 Å². The number of hydrogen-bond donors (Lipinski definition) is 1. The Hall–Kier alpha value is -2.03. The van der Waals surface area contributed by atoms with E-state index in [9.17, 15) is 0 Å². The lowest BCUT2D eigenvalue weighted by Crippen LogP contribution is -2.08. The van der Waals surface area contributed by atoms with Gasteiger partial charge >= 0.3 is 0 Å². The van der Waals surface area contributed by atoms with Crippen LogP contribution in [0.5, 0.6) is 5.75 Å². The van der Waals surface area contributed by atoms with Crippen LogP contribution < -0.4 is 10.1 Å². The fraction of sp³-hybridized carbons (Fsp3) is 0.353. The highest BCUT2D eigenvalue weighted by Gasteiger charge is 1.96. The number of rotatable bonds is 8. The van der Waals surface area contributed by atoms with Crippen molar-refractivity contribution < 1.29 is 4.74 Å². The van der Waals surface area contributed by atoms with E-state index in [0.717, 1.165) is 31.0 Å². The van der Waals surface area contributed by atoms with Gasteiger partial charge in [-0.15, -0.1) is 0 Å². The summed E-state index contributed by atoms with van der Waals surface area (Å²) < 4.78 is 5.72. The summed E-state index contributed by atoms with van der Waals surface area (Å²) >= 11 is 0. The highest BCUT2D eigenvalue weighted by Crippen LogP contribution is 2.13. The van der Waals surface area contributed by atoms with E-state index in [1.54, 1.807) is 6.20 Å². The van der Waals surface area contributed by atoms with Crippen molar-refractivity contribution >= 4 is 5.82 Å². The minimum atomic E-state index is 0.715. The molecule has 3 nitrogen and oxygen atoms in total. The second-order valence-electron chi connectivity index (χ2n) is 4.74. The van der Waals surface area contributed by atoms with Gasteiger partial charge in [-0.25, -0.2) is 4.98 Å². The molecule has 0 saturated heterocycles. The summed E-state index contributed by atoms with van der Waals surface area (Å²) in [6.07, 6.45) is 5.05. The Balaban J connectivity index is 1.63. The molecule has 1 heterocycles. The van der Waals surface area contributed by atoms with Crippen molar-refractivity contribution in [2.45, 2.75) is 26.2 Å².